The average Bonchev–Trinajstić information content (AvgIpc) is 3.00. The van der Waals surface area contributed by atoms with Crippen LogP contribution in [0.4, 0.5) is 4.39 Å². The molecule has 7 heteroatoms. The zero-order valence-corrected chi connectivity index (χ0v) is 17.9. The molecule has 0 spiro atoms. The number of nitrogens with one attached hydrogen (secondary N) is 1. The SMILES string of the molecule is C#CC(C)C.Cc1cc2cc(/C(N=N)=N/N)ccc2n1Cc1c(F)cccc1P. The number of benzene rings is 2. The predicted molar refractivity (Wildman–Crippen MR) is 121 cm³/mol. The van der Waals surface area contributed by atoms with Crippen LogP contribution in [-0.2, 0) is 6.54 Å². The first-order valence-corrected chi connectivity index (χ1v) is 9.64. The first-order chi connectivity index (χ1) is 13.8. The van der Waals surface area contributed by atoms with Gasteiger partial charge in [0.1, 0.15) is 5.82 Å². The van der Waals surface area contributed by atoms with E-state index in [2.05, 4.69) is 29.9 Å². The van der Waals surface area contributed by atoms with Gasteiger partial charge < -0.3 is 10.4 Å². The molecule has 1 aromatic heterocycles. The first kappa shape index (κ1) is 22.3. The van der Waals surface area contributed by atoms with E-state index in [1.807, 2.05) is 51.1 Å². The minimum atomic E-state index is -0.217. The van der Waals surface area contributed by atoms with Crippen LogP contribution in [0.5, 0.6) is 0 Å². The molecule has 0 bridgehead atoms. The molecule has 0 amide bonds. The number of hydrogen-bond acceptors (Lipinski definition) is 3. The highest BCUT2D eigenvalue weighted by Gasteiger charge is 2.12. The predicted octanol–water partition coefficient (Wildman–Crippen LogP) is 4.56. The molecule has 3 rings (SSSR count). The highest BCUT2D eigenvalue weighted by Crippen LogP contribution is 2.23. The van der Waals surface area contributed by atoms with Crippen LogP contribution in [0.1, 0.15) is 30.7 Å². The van der Waals surface area contributed by atoms with Gasteiger partial charge in [0.05, 0.1) is 6.54 Å². The molecule has 5 nitrogen and oxygen atoms in total. The molecule has 1 atom stereocenters. The molecule has 3 aromatic rings. The Bertz CT molecular complexity index is 1070. The van der Waals surface area contributed by atoms with E-state index in [4.69, 9.17) is 17.8 Å². The topological polar surface area (TPSA) is 79.5 Å². The van der Waals surface area contributed by atoms with Crippen molar-refractivity contribution in [1.29, 1.82) is 5.53 Å². The van der Waals surface area contributed by atoms with E-state index < -0.39 is 0 Å². The Balaban J connectivity index is 0.000000537. The molecule has 150 valence electrons. The van der Waals surface area contributed by atoms with Crippen molar-refractivity contribution in [2.45, 2.75) is 27.3 Å². The summed E-state index contributed by atoms with van der Waals surface area (Å²) in [4.78, 5) is 0. The highest BCUT2D eigenvalue weighted by molar-refractivity contribution is 7.27. The van der Waals surface area contributed by atoms with Gasteiger partial charge >= 0.3 is 0 Å². The number of nitrogens with two attached hydrogens (primary N) is 1. The van der Waals surface area contributed by atoms with Crippen molar-refractivity contribution in [2.75, 3.05) is 0 Å². The fraction of sp³-hybridized carbons (Fsp3) is 0.227. The number of aromatic nitrogens is 1. The first-order valence-electron chi connectivity index (χ1n) is 9.07. The number of aryl methyl sites for hydroxylation is 1. The zero-order valence-electron chi connectivity index (χ0n) is 16.8. The fourth-order valence-corrected chi connectivity index (χ4v) is 3.17. The van der Waals surface area contributed by atoms with Crippen molar-refractivity contribution in [3.63, 3.8) is 0 Å². The van der Waals surface area contributed by atoms with Crippen molar-refractivity contribution >= 4 is 31.3 Å². The standard InChI is InChI=1S/C17H17FN5P.C5H8/c1-10-7-12-8-11(17(21-19)22-20)5-6-15(12)23(10)9-13-14(18)3-2-4-16(13)24;1-4-5(2)3/h2-8,19H,9,20,24H2,1H3;1,5H,2-3H3/b21-19?,22-17-;. The molecular formula is C22H25FN5P. The lowest BCUT2D eigenvalue weighted by molar-refractivity contribution is 0.603. The van der Waals surface area contributed by atoms with Crippen LogP contribution in [0.15, 0.2) is 52.7 Å². The summed E-state index contributed by atoms with van der Waals surface area (Å²) in [6.45, 7) is 6.40. The van der Waals surface area contributed by atoms with Gasteiger partial charge in [0.2, 0.25) is 0 Å². The Kier molecular flexibility index (Phi) is 7.64. The second kappa shape index (κ2) is 9.95. The van der Waals surface area contributed by atoms with Crippen molar-refractivity contribution in [3.8, 4) is 12.3 Å². The van der Waals surface area contributed by atoms with Crippen molar-refractivity contribution in [2.24, 2.45) is 22.0 Å². The highest BCUT2D eigenvalue weighted by atomic mass is 31.0. The molecule has 0 aliphatic rings. The molecule has 29 heavy (non-hydrogen) atoms. The van der Waals surface area contributed by atoms with E-state index in [0.717, 1.165) is 21.9 Å². The van der Waals surface area contributed by atoms with Gasteiger partial charge in [0, 0.05) is 33.6 Å². The summed E-state index contributed by atoms with van der Waals surface area (Å²) >= 11 is 0. The number of rotatable bonds is 3. The largest absolute Gasteiger partial charge is 0.340 e. The van der Waals surface area contributed by atoms with Gasteiger partial charge in [-0.05, 0) is 42.6 Å². The Morgan fingerprint density at radius 2 is 2.00 bits per heavy atom. The summed E-state index contributed by atoms with van der Waals surface area (Å²) in [6.07, 6.45) is 4.92. The maximum absolute atomic E-state index is 14.1. The van der Waals surface area contributed by atoms with Crippen LogP contribution in [0.3, 0.4) is 0 Å². The maximum atomic E-state index is 14.1. The lowest BCUT2D eigenvalue weighted by Gasteiger charge is -2.12. The lowest BCUT2D eigenvalue weighted by Crippen LogP contribution is -2.11. The summed E-state index contributed by atoms with van der Waals surface area (Å²) in [5, 5.41) is 8.64. The minimum Gasteiger partial charge on any atom is -0.340 e. The normalized spacial score (nSPS) is 11.1. The van der Waals surface area contributed by atoms with Crippen LogP contribution < -0.4 is 11.1 Å². The van der Waals surface area contributed by atoms with Crippen LogP contribution in [-0.4, -0.2) is 10.4 Å². The summed E-state index contributed by atoms with van der Waals surface area (Å²) in [5.74, 6) is 8.15. The second-order valence-corrected chi connectivity index (χ2v) is 7.46. The third-order valence-corrected chi connectivity index (χ3v) is 4.94. The van der Waals surface area contributed by atoms with E-state index >= 15 is 0 Å². The monoisotopic (exact) mass is 409 g/mol. The Labute approximate surface area is 172 Å². The van der Waals surface area contributed by atoms with Crippen molar-refractivity contribution in [3.05, 3.63) is 65.1 Å². The van der Waals surface area contributed by atoms with Crippen molar-refractivity contribution < 1.29 is 4.39 Å². The van der Waals surface area contributed by atoms with Crippen molar-refractivity contribution in [1.82, 2.24) is 4.57 Å². The number of hydrogen-bond donors (Lipinski definition) is 2. The quantitative estimate of drug-likeness (QED) is 0.124. The molecule has 0 radical (unpaired) electrons. The minimum absolute atomic E-state index is 0.170. The number of terminal acetylenes is 1. The second-order valence-electron chi connectivity index (χ2n) is 6.84. The smallest absolute Gasteiger partial charge is 0.199 e. The molecule has 1 unspecified atom stereocenters. The van der Waals surface area contributed by atoms with Gasteiger partial charge in [-0.3, -0.25) is 0 Å². The molecule has 0 saturated carbocycles. The summed E-state index contributed by atoms with van der Waals surface area (Å²) in [5.41, 5.74) is 10.4. The van der Waals surface area contributed by atoms with Crippen LogP contribution >= 0.6 is 9.24 Å². The fourth-order valence-electron chi connectivity index (χ4n) is 2.83. The van der Waals surface area contributed by atoms with E-state index in [-0.39, 0.29) is 11.7 Å². The summed E-state index contributed by atoms with van der Waals surface area (Å²) in [6, 6.07) is 12.7. The van der Waals surface area contributed by atoms with Gasteiger partial charge in [0.15, 0.2) is 5.84 Å². The van der Waals surface area contributed by atoms with Gasteiger partial charge in [-0.15, -0.1) is 26.7 Å². The Morgan fingerprint density at radius 3 is 2.55 bits per heavy atom. The zero-order chi connectivity index (χ0) is 21.6. The number of halogens is 1. The molecule has 3 N–H and O–H groups in total. The van der Waals surface area contributed by atoms with E-state index in [9.17, 15) is 4.39 Å². The number of amidine groups is 1. The van der Waals surface area contributed by atoms with E-state index in [0.29, 0.717) is 23.6 Å². The van der Waals surface area contributed by atoms with Crippen LogP contribution in [0, 0.1) is 36.5 Å². The Morgan fingerprint density at radius 1 is 1.31 bits per heavy atom. The molecular weight excluding hydrogens is 384 g/mol. The van der Waals surface area contributed by atoms with E-state index in [1.54, 1.807) is 6.07 Å². The molecule has 2 aromatic carbocycles. The van der Waals surface area contributed by atoms with E-state index in [1.165, 1.54) is 6.07 Å². The summed E-state index contributed by atoms with van der Waals surface area (Å²) in [7, 11) is 2.58. The number of hydrazone groups is 1. The lowest BCUT2D eigenvalue weighted by atomic mass is 10.1. The Hall–Kier alpha value is -3.03. The van der Waals surface area contributed by atoms with Gasteiger partial charge in [-0.2, -0.15) is 5.10 Å². The third kappa shape index (κ3) is 5.28. The van der Waals surface area contributed by atoms with Gasteiger partial charge in [-0.25, -0.2) is 9.92 Å². The average molecular weight is 409 g/mol. The van der Waals surface area contributed by atoms with Gasteiger partial charge in [-0.1, -0.05) is 26.0 Å². The third-order valence-electron chi connectivity index (χ3n) is 4.40. The molecule has 0 fully saturated rings. The van der Waals surface area contributed by atoms with Crippen LogP contribution in [0.2, 0.25) is 0 Å². The molecule has 0 aliphatic carbocycles. The van der Waals surface area contributed by atoms with Crippen LogP contribution in [0.25, 0.3) is 10.9 Å². The van der Waals surface area contributed by atoms with Gasteiger partial charge in [0.25, 0.3) is 0 Å². The number of fused-ring (bicyclic) bond motifs is 1. The molecule has 1 heterocycles. The summed E-state index contributed by atoms with van der Waals surface area (Å²) < 4.78 is 16.2. The molecule has 0 aliphatic heterocycles. The molecule has 0 saturated heterocycles. The number of nitrogens with zero attached hydrogens (tertiary/aromatic N) is 3. The maximum Gasteiger partial charge on any atom is 0.199 e.